The monoisotopic (exact) mass is 1380 g/mol. The Kier molecular flexibility index (Phi) is 13.0. The van der Waals surface area contributed by atoms with Crippen LogP contribution in [-0.4, -0.2) is 42.4 Å². The van der Waals surface area contributed by atoms with E-state index in [9.17, 15) is 0 Å². The third-order valence-electron chi connectivity index (χ3n) is 21.9. The van der Waals surface area contributed by atoms with Gasteiger partial charge >= 0.3 is 6.18 Å². The number of rotatable bonds is 9. The van der Waals surface area contributed by atoms with Gasteiger partial charge in [0, 0.05) is 104 Å². The zero-order valence-corrected chi connectivity index (χ0v) is 57.4. The van der Waals surface area contributed by atoms with Gasteiger partial charge in [0.2, 0.25) is 0 Å². The molecular weight excluding hydrogens is 1320 g/mol. The van der Waals surface area contributed by atoms with Crippen LogP contribution in [0.5, 0.6) is 0 Å². The molecule has 0 aliphatic rings. The van der Waals surface area contributed by atoms with E-state index in [1.54, 1.807) is 6.07 Å². The molecule has 504 valence electrons. The second kappa shape index (κ2) is 22.9. The van der Waals surface area contributed by atoms with Crippen LogP contribution in [0.1, 0.15) is 11.1 Å². The van der Waals surface area contributed by atoms with Crippen molar-refractivity contribution in [2.75, 3.05) is 0 Å². The molecule has 22 rings (SSSR count). The summed E-state index contributed by atoms with van der Waals surface area (Å²) in [6.07, 6.45) is -4.75. The van der Waals surface area contributed by atoms with Crippen molar-refractivity contribution in [2.24, 2.45) is 0 Å². The largest absolute Gasteiger partial charge is 0.416 e. The van der Waals surface area contributed by atoms with Crippen LogP contribution in [0.15, 0.2) is 334 Å². The van der Waals surface area contributed by atoms with Gasteiger partial charge in [-0.1, -0.05) is 188 Å². The maximum absolute atomic E-state index is 15.9. The molecule has 12 heteroatoms. The highest BCUT2D eigenvalue weighted by atomic mass is 19.4. The lowest BCUT2D eigenvalue weighted by Gasteiger charge is -2.18. The van der Waals surface area contributed by atoms with Gasteiger partial charge in [-0.25, -0.2) is 15.0 Å². The third kappa shape index (κ3) is 9.09. The molecule has 15 aromatic carbocycles. The minimum absolute atomic E-state index is 0.0649. The van der Waals surface area contributed by atoms with E-state index in [1.807, 2.05) is 37.3 Å². The number of aryl methyl sites for hydroxylation is 1. The molecule has 0 aliphatic carbocycles. The van der Waals surface area contributed by atoms with Gasteiger partial charge in [0.05, 0.1) is 83.1 Å². The van der Waals surface area contributed by atoms with Crippen molar-refractivity contribution in [1.82, 2.24) is 42.4 Å². The van der Waals surface area contributed by atoms with Crippen molar-refractivity contribution in [3.8, 4) is 68.3 Å². The lowest BCUT2D eigenvalue weighted by molar-refractivity contribution is -0.137. The number of aromatic nitrogens is 9. The van der Waals surface area contributed by atoms with E-state index < -0.39 is 11.7 Å². The third-order valence-corrected chi connectivity index (χ3v) is 21.9. The van der Waals surface area contributed by atoms with Crippen LogP contribution < -0.4 is 0 Å². The second-order valence-electron chi connectivity index (χ2n) is 27.9. The van der Waals surface area contributed by atoms with Crippen LogP contribution in [-0.2, 0) is 6.18 Å². The topological polar surface area (TPSA) is 68.2 Å². The highest BCUT2D eigenvalue weighted by molar-refractivity contribution is 6.17. The summed E-state index contributed by atoms with van der Waals surface area (Å²) < 4.78 is 61.3. The Labute approximate surface area is 609 Å². The minimum atomic E-state index is -4.75. The lowest BCUT2D eigenvalue weighted by Crippen LogP contribution is -2.09. The van der Waals surface area contributed by atoms with Gasteiger partial charge < -0.3 is 27.4 Å². The minimum Gasteiger partial charge on any atom is -0.309 e. The van der Waals surface area contributed by atoms with Crippen LogP contribution in [0.4, 0.5) is 13.2 Å². The number of nitrogens with zero attached hydrogens (tertiary/aromatic N) is 9. The first kappa shape index (κ1) is 60.5. The average Bonchev–Trinajstić information content (AvgIpc) is 1.58. The Morgan fingerprint density at radius 2 is 0.486 bits per heavy atom. The lowest BCUT2D eigenvalue weighted by atomic mass is 10.0. The zero-order chi connectivity index (χ0) is 70.9. The van der Waals surface area contributed by atoms with Gasteiger partial charge in [0.1, 0.15) is 0 Å². The maximum atomic E-state index is 15.9. The number of hydrogen-bond acceptors (Lipinski definition) is 3. The molecular formula is C95H58F3N9. The molecule has 0 radical (unpaired) electrons. The molecule has 0 unspecified atom stereocenters. The van der Waals surface area contributed by atoms with E-state index in [0.29, 0.717) is 22.6 Å². The molecule has 0 amide bonds. The van der Waals surface area contributed by atoms with Crippen molar-refractivity contribution in [1.29, 1.82) is 0 Å². The van der Waals surface area contributed by atoms with Gasteiger partial charge in [0.15, 0.2) is 17.5 Å². The van der Waals surface area contributed by atoms with Crippen LogP contribution in [0.2, 0.25) is 0 Å². The summed E-state index contributed by atoms with van der Waals surface area (Å²) >= 11 is 0. The average molecular weight is 1380 g/mol. The SMILES string of the molecule is Cc1ccc(-n2c3ccc(-n4c5ccccc5c5ccccc54)cc3c3cc(-n4c5ccccc5c5ccccc54)ccc32)c(-c2nc(-c3ccccc3)nc(-c3cc(C(F)(F)F)ccc3-n3c4ccc(-n5c6ccccc6c6ccccc65)cc4c4cc(-n5c6ccccc6c6ccccc65)ccc43)n2)c1. The van der Waals surface area contributed by atoms with Gasteiger partial charge in [-0.05, 0) is 159 Å². The summed E-state index contributed by atoms with van der Waals surface area (Å²) in [6, 6.07) is 114. The quantitative estimate of drug-likeness (QED) is 0.145. The van der Waals surface area contributed by atoms with Gasteiger partial charge in [-0.15, -0.1) is 0 Å². The molecule has 0 N–H and O–H groups in total. The number of para-hydroxylation sites is 8. The summed E-state index contributed by atoms with van der Waals surface area (Å²) in [5.41, 5.74) is 18.7. The number of fused-ring (bicyclic) bond motifs is 18. The van der Waals surface area contributed by atoms with Crippen LogP contribution in [0, 0.1) is 6.92 Å². The van der Waals surface area contributed by atoms with Gasteiger partial charge in [0.25, 0.3) is 0 Å². The molecule has 7 aromatic heterocycles. The molecule has 0 saturated heterocycles. The predicted octanol–water partition coefficient (Wildman–Crippen LogP) is 24.8. The smallest absolute Gasteiger partial charge is 0.309 e. The van der Waals surface area contributed by atoms with Crippen molar-refractivity contribution in [3.05, 3.63) is 345 Å². The normalized spacial score (nSPS) is 12.3. The zero-order valence-electron chi connectivity index (χ0n) is 57.4. The van der Waals surface area contributed by atoms with E-state index in [2.05, 4.69) is 313 Å². The summed E-state index contributed by atoms with van der Waals surface area (Å²) in [4.78, 5) is 16.3. The molecule has 0 atom stereocenters. The molecule has 107 heavy (non-hydrogen) atoms. The van der Waals surface area contributed by atoms with Crippen molar-refractivity contribution in [2.45, 2.75) is 13.1 Å². The molecule has 0 fully saturated rings. The molecule has 0 aliphatic heterocycles. The summed E-state index contributed by atoms with van der Waals surface area (Å²) in [5.74, 6) is 0.641. The van der Waals surface area contributed by atoms with E-state index in [4.69, 9.17) is 15.0 Å². The first-order valence-electron chi connectivity index (χ1n) is 35.9. The molecule has 0 bridgehead atoms. The molecule has 0 saturated carbocycles. The first-order chi connectivity index (χ1) is 52.6. The molecule has 9 nitrogen and oxygen atoms in total. The standard InChI is InChI=1S/C95H58F3N9/c1-57-39-45-90(106-86-47-41-60(102-78-31-13-5-23-64(78)65-24-6-14-32-79(65)102)53-72(86)73-54-61(42-48-87(73)106)103-80-33-15-7-25-66(80)67-26-8-16-34-81(67)103)76(51-57)93-99-92(58-21-3-2-4-22-58)100-94(101-93)77-52-59(95(96,97)98)40-46-91(77)107-88-49-43-62(104-82-35-17-9-27-68(82)69-28-10-18-36-83(69)104)55-74(88)75-56-63(44-50-89(75)107)105-84-37-19-11-29-70(84)71-30-12-20-38-85(71)105/h2-56H,1H3. The van der Waals surface area contributed by atoms with Gasteiger partial charge in [-0.3, -0.25) is 0 Å². The number of benzene rings is 15. The Hall–Kier alpha value is -14.1. The van der Waals surface area contributed by atoms with Crippen molar-refractivity contribution in [3.63, 3.8) is 0 Å². The van der Waals surface area contributed by atoms with E-state index >= 15 is 13.2 Å². The number of hydrogen-bond donors (Lipinski definition) is 0. The number of alkyl halides is 3. The molecule has 7 heterocycles. The van der Waals surface area contributed by atoms with E-state index in [-0.39, 0.29) is 17.2 Å². The van der Waals surface area contributed by atoms with E-state index in [0.717, 1.165) is 165 Å². The predicted molar refractivity (Wildman–Crippen MR) is 432 cm³/mol. The molecule has 22 aromatic rings. The molecule has 0 spiro atoms. The van der Waals surface area contributed by atoms with Crippen molar-refractivity contribution >= 4 is 131 Å². The Morgan fingerprint density at radius 1 is 0.224 bits per heavy atom. The summed E-state index contributed by atoms with van der Waals surface area (Å²) in [5, 5.41) is 13.0. The fraction of sp³-hybridized carbons (Fsp3) is 0.0211. The van der Waals surface area contributed by atoms with Crippen LogP contribution >= 0.6 is 0 Å². The second-order valence-corrected chi connectivity index (χ2v) is 27.9. The van der Waals surface area contributed by atoms with Crippen LogP contribution in [0.3, 0.4) is 0 Å². The highest BCUT2D eigenvalue weighted by Gasteiger charge is 2.33. The maximum Gasteiger partial charge on any atom is 0.416 e. The van der Waals surface area contributed by atoms with E-state index in [1.165, 1.54) is 12.1 Å². The van der Waals surface area contributed by atoms with Crippen LogP contribution in [0.25, 0.3) is 199 Å². The highest BCUT2D eigenvalue weighted by Crippen LogP contribution is 2.46. The Balaban J connectivity index is 0.792. The fourth-order valence-corrected chi connectivity index (χ4v) is 17.3. The first-order valence-corrected chi connectivity index (χ1v) is 35.9. The Morgan fingerprint density at radius 3 is 0.794 bits per heavy atom. The Bertz CT molecular complexity index is 6970. The number of halogens is 3. The van der Waals surface area contributed by atoms with Crippen molar-refractivity contribution < 1.29 is 13.2 Å². The summed E-state index contributed by atoms with van der Waals surface area (Å²) in [7, 11) is 0. The fourth-order valence-electron chi connectivity index (χ4n) is 17.3. The summed E-state index contributed by atoms with van der Waals surface area (Å²) in [6.45, 7) is 2.04. The van der Waals surface area contributed by atoms with Gasteiger partial charge in [-0.2, -0.15) is 13.2 Å².